The van der Waals surface area contributed by atoms with E-state index >= 15 is 0 Å². The summed E-state index contributed by atoms with van der Waals surface area (Å²) in [6.07, 6.45) is 6.00. The molecule has 1 aromatic heterocycles. The lowest BCUT2D eigenvalue weighted by atomic mass is 10.2. The van der Waals surface area contributed by atoms with Gasteiger partial charge < -0.3 is 14.5 Å². The fraction of sp³-hybridized carbons (Fsp3) is 0.688. The molecule has 22 heavy (non-hydrogen) atoms. The van der Waals surface area contributed by atoms with Crippen LogP contribution in [0.5, 0.6) is 0 Å². The van der Waals surface area contributed by atoms with Gasteiger partial charge in [0.1, 0.15) is 11.4 Å². The molecule has 0 bridgehead atoms. The van der Waals surface area contributed by atoms with Gasteiger partial charge in [0.05, 0.1) is 18.1 Å². The summed E-state index contributed by atoms with van der Waals surface area (Å²) in [5, 5.41) is 0. The Hall–Kier alpha value is -1.85. The standard InChI is InChI=1S/C16H24N4O2/c1-16(2,3)22-15(21)20-8-6-19(7-9-20)14-11-17-13(10-18-14)12-4-5-12/h10-12H,4-9H2,1-3H3. The summed E-state index contributed by atoms with van der Waals surface area (Å²) in [4.78, 5) is 25.0. The van der Waals surface area contributed by atoms with E-state index < -0.39 is 5.60 Å². The van der Waals surface area contributed by atoms with Gasteiger partial charge in [-0.3, -0.25) is 4.98 Å². The minimum Gasteiger partial charge on any atom is -0.444 e. The Balaban J connectivity index is 1.53. The summed E-state index contributed by atoms with van der Waals surface area (Å²) < 4.78 is 5.41. The second kappa shape index (κ2) is 5.74. The van der Waals surface area contributed by atoms with E-state index in [1.807, 2.05) is 33.2 Å². The highest BCUT2D eigenvalue weighted by atomic mass is 16.6. The van der Waals surface area contributed by atoms with Crippen molar-refractivity contribution in [1.82, 2.24) is 14.9 Å². The van der Waals surface area contributed by atoms with Crippen molar-refractivity contribution < 1.29 is 9.53 Å². The van der Waals surface area contributed by atoms with Gasteiger partial charge in [-0.2, -0.15) is 0 Å². The van der Waals surface area contributed by atoms with E-state index in [1.54, 1.807) is 4.90 Å². The van der Waals surface area contributed by atoms with Crippen molar-refractivity contribution in [2.24, 2.45) is 0 Å². The molecule has 2 aliphatic rings. The van der Waals surface area contributed by atoms with E-state index in [-0.39, 0.29) is 6.09 Å². The zero-order valence-corrected chi connectivity index (χ0v) is 13.6. The van der Waals surface area contributed by atoms with Crippen LogP contribution < -0.4 is 4.90 Å². The number of hydrogen-bond acceptors (Lipinski definition) is 5. The molecule has 0 aromatic carbocycles. The zero-order valence-electron chi connectivity index (χ0n) is 13.6. The van der Waals surface area contributed by atoms with Crippen molar-refractivity contribution in [3.63, 3.8) is 0 Å². The molecule has 3 rings (SSSR count). The number of anilines is 1. The van der Waals surface area contributed by atoms with Crippen LogP contribution in [0.25, 0.3) is 0 Å². The van der Waals surface area contributed by atoms with Crippen molar-refractivity contribution in [1.29, 1.82) is 0 Å². The third-order valence-electron chi connectivity index (χ3n) is 3.91. The lowest BCUT2D eigenvalue weighted by molar-refractivity contribution is 0.0240. The molecule has 6 heteroatoms. The topological polar surface area (TPSA) is 58.6 Å². The molecular formula is C16H24N4O2. The largest absolute Gasteiger partial charge is 0.444 e. The fourth-order valence-electron chi connectivity index (χ4n) is 2.53. The number of aromatic nitrogens is 2. The first-order valence-electron chi connectivity index (χ1n) is 7.97. The Morgan fingerprint density at radius 3 is 2.32 bits per heavy atom. The minimum atomic E-state index is -0.446. The summed E-state index contributed by atoms with van der Waals surface area (Å²) in [5.41, 5.74) is 0.661. The molecule has 120 valence electrons. The van der Waals surface area contributed by atoms with Crippen molar-refractivity contribution >= 4 is 11.9 Å². The average Bonchev–Trinajstić information content (AvgIpc) is 3.30. The molecule has 1 aliphatic heterocycles. The highest BCUT2D eigenvalue weighted by Crippen LogP contribution is 2.38. The van der Waals surface area contributed by atoms with Crippen LogP contribution >= 0.6 is 0 Å². The highest BCUT2D eigenvalue weighted by Gasteiger charge is 2.28. The summed E-state index contributed by atoms with van der Waals surface area (Å²) in [7, 11) is 0. The summed E-state index contributed by atoms with van der Waals surface area (Å²) in [6.45, 7) is 8.49. The van der Waals surface area contributed by atoms with Crippen molar-refractivity contribution in [2.45, 2.75) is 45.1 Å². The molecule has 0 unspecified atom stereocenters. The van der Waals surface area contributed by atoms with Gasteiger partial charge >= 0.3 is 6.09 Å². The van der Waals surface area contributed by atoms with Crippen molar-refractivity contribution in [2.75, 3.05) is 31.1 Å². The van der Waals surface area contributed by atoms with Gasteiger partial charge in [0, 0.05) is 32.1 Å². The molecule has 0 radical (unpaired) electrons. The number of carbonyl (C=O) groups excluding carboxylic acids is 1. The predicted octanol–water partition coefficient (Wildman–Crippen LogP) is 2.41. The molecule has 2 fully saturated rings. The van der Waals surface area contributed by atoms with Crippen LogP contribution in [0.1, 0.15) is 45.2 Å². The molecule has 1 saturated carbocycles. The normalized spacial score (nSPS) is 19.2. The Labute approximate surface area is 131 Å². The first kappa shape index (κ1) is 15.1. The van der Waals surface area contributed by atoms with Gasteiger partial charge in [-0.1, -0.05) is 0 Å². The van der Waals surface area contributed by atoms with Gasteiger partial charge in [0.2, 0.25) is 0 Å². The maximum atomic E-state index is 12.0. The molecule has 0 atom stereocenters. The Morgan fingerprint density at radius 2 is 1.82 bits per heavy atom. The highest BCUT2D eigenvalue weighted by molar-refractivity contribution is 5.68. The monoisotopic (exact) mass is 304 g/mol. The molecule has 1 amide bonds. The number of amides is 1. The van der Waals surface area contributed by atoms with Gasteiger partial charge in [-0.05, 0) is 33.6 Å². The summed E-state index contributed by atoms with van der Waals surface area (Å²) in [5.74, 6) is 1.53. The number of rotatable bonds is 2. The van der Waals surface area contributed by atoms with E-state index in [9.17, 15) is 4.79 Å². The minimum absolute atomic E-state index is 0.234. The summed E-state index contributed by atoms with van der Waals surface area (Å²) >= 11 is 0. The Morgan fingerprint density at radius 1 is 1.14 bits per heavy atom. The number of carbonyl (C=O) groups is 1. The number of nitrogens with zero attached hydrogens (tertiary/aromatic N) is 4. The lowest BCUT2D eigenvalue weighted by Gasteiger charge is -2.36. The number of hydrogen-bond donors (Lipinski definition) is 0. The maximum Gasteiger partial charge on any atom is 0.410 e. The average molecular weight is 304 g/mol. The van der Waals surface area contributed by atoms with Crippen LogP contribution in [0.15, 0.2) is 12.4 Å². The molecule has 1 aliphatic carbocycles. The van der Waals surface area contributed by atoms with E-state index in [0.717, 1.165) is 24.6 Å². The Kier molecular flexibility index (Phi) is 3.93. The smallest absolute Gasteiger partial charge is 0.410 e. The van der Waals surface area contributed by atoms with Crippen molar-refractivity contribution in [3.8, 4) is 0 Å². The van der Waals surface area contributed by atoms with Gasteiger partial charge in [-0.15, -0.1) is 0 Å². The molecule has 0 spiro atoms. The van der Waals surface area contributed by atoms with Crippen LogP contribution in [-0.2, 0) is 4.74 Å². The van der Waals surface area contributed by atoms with Crippen LogP contribution in [0.4, 0.5) is 10.6 Å². The van der Waals surface area contributed by atoms with E-state index in [1.165, 1.54) is 12.8 Å². The molecule has 1 aromatic rings. The van der Waals surface area contributed by atoms with Crippen LogP contribution in [0, 0.1) is 0 Å². The van der Waals surface area contributed by atoms with Gasteiger partial charge in [0.15, 0.2) is 0 Å². The third kappa shape index (κ3) is 3.67. The zero-order chi connectivity index (χ0) is 15.7. The molecule has 6 nitrogen and oxygen atoms in total. The fourth-order valence-corrected chi connectivity index (χ4v) is 2.53. The molecular weight excluding hydrogens is 280 g/mol. The van der Waals surface area contributed by atoms with E-state index in [2.05, 4.69) is 14.9 Å². The first-order valence-corrected chi connectivity index (χ1v) is 7.97. The predicted molar refractivity (Wildman–Crippen MR) is 84.0 cm³/mol. The maximum absolute atomic E-state index is 12.0. The van der Waals surface area contributed by atoms with Crippen LogP contribution in [-0.4, -0.2) is 52.7 Å². The van der Waals surface area contributed by atoms with E-state index in [4.69, 9.17) is 4.74 Å². The second-order valence-corrected chi connectivity index (χ2v) is 7.03. The van der Waals surface area contributed by atoms with E-state index in [0.29, 0.717) is 19.0 Å². The van der Waals surface area contributed by atoms with Crippen molar-refractivity contribution in [3.05, 3.63) is 18.1 Å². The lowest BCUT2D eigenvalue weighted by Crippen LogP contribution is -2.50. The first-order chi connectivity index (χ1) is 10.4. The quantitative estimate of drug-likeness (QED) is 0.840. The van der Waals surface area contributed by atoms with Gasteiger partial charge in [-0.25, -0.2) is 9.78 Å². The Bertz CT molecular complexity index is 526. The number of ether oxygens (including phenoxy) is 1. The van der Waals surface area contributed by atoms with Crippen LogP contribution in [0.3, 0.4) is 0 Å². The number of piperazine rings is 1. The molecule has 1 saturated heterocycles. The second-order valence-electron chi connectivity index (χ2n) is 7.03. The third-order valence-corrected chi connectivity index (χ3v) is 3.91. The molecule has 2 heterocycles. The summed E-state index contributed by atoms with van der Waals surface area (Å²) in [6, 6.07) is 0. The molecule has 0 N–H and O–H groups in total. The SMILES string of the molecule is CC(C)(C)OC(=O)N1CCN(c2cnc(C3CC3)cn2)CC1. The van der Waals surface area contributed by atoms with Gasteiger partial charge in [0.25, 0.3) is 0 Å². The van der Waals surface area contributed by atoms with Crippen LogP contribution in [0.2, 0.25) is 0 Å².